The highest BCUT2D eigenvalue weighted by molar-refractivity contribution is 7.98. The molecule has 0 spiro atoms. The zero-order chi connectivity index (χ0) is 13.8. The van der Waals surface area contributed by atoms with Crippen LogP contribution in [0.4, 0.5) is 0 Å². The van der Waals surface area contributed by atoms with Gasteiger partial charge in [0.1, 0.15) is 0 Å². The summed E-state index contributed by atoms with van der Waals surface area (Å²) in [6.45, 7) is 2.12. The lowest BCUT2D eigenvalue weighted by molar-refractivity contribution is -0.138. The molecule has 5 heteroatoms. The Bertz CT molecular complexity index is 314. The third kappa shape index (κ3) is 2.99. The molecule has 3 nitrogen and oxygen atoms in total. The smallest absolute Gasteiger partial charge is 0.235 e. The van der Waals surface area contributed by atoms with E-state index < -0.39 is 5.41 Å². The molecule has 0 aromatic heterocycles. The molecule has 0 aromatic rings. The molecule has 0 aliphatic heterocycles. The molecule has 1 unspecified atom stereocenters. The highest BCUT2D eigenvalue weighted by Crippen LogP contribution is 2.40. The van der Waals surface area contributed by atoms with Gasteiger partial charge in [0, 0.05) is 18.8 Å². The number of thiocarbonyl (C=S) groups is 1. The molecule has 18 heavy (non-hydrogen) atoms. The highest BCUT2D eigenvalue weighted by atomic mass is 32.2. The zero-order valence-corrected chi connectivity index (χ0v) is 13.2. The molecule has 0 aromatic carbocycles. The Morgan fingerprint density at radius 1 is 1.50 bits per heavy atom. The predicted molar refractivity (Wildman–Crippen MR) is 82.9 cm³/mol. The second kappa shape index (κ2) is 6.75. The van der Waals surface area contributed by atoms with E-state index in [1.807, 2.05) is 11.9 Å². The van der Waals surface area contributed by atoms with Gasteiger partial charge in [-0.05, 0) is 25.5 Å². The van der Waals surface area contributed by atoms with Crippen LogP contribution < -0.4 is 5.73 Å². The fourth-order valence-electron chi connectivity index (χ4n) is 2.74. The summed E-state index contributed by atoms with van der Waals surface area (Å²) < 4.78 is 0. The Balaban J connectivity index is 2.86. The minimum absolute atomic E-state index is 0.133. The lowest BCUT2D eigenvalue weighted by Crippen LogP contribution is -2.51. The normalized spacial score (nSPS) is 19.5. The number of hydrogen-bond acceptors (Lipinski definition) is 3. The molecule has 1 aliphatic rings. The van der Waals surface area contributed by atoms with Crippen molar-refractivity contribution in [1.29, 1.82) is 0 Å². The maximum Gasteiger partial charge on any atom is 0.235 e. The monoisotopic (exact) mass is 288 g/mol. The van der Waals surface area contributed by atoms with Gasteiger partial charge < -0.3 is 10.6 Å². The third-order valence-corrected chi connectivity index (χ3v) is 5.15. The number of amides is 1. The van der Waals surface area contributed by atoms with Crippen molar-refractivity contribution in [2.45, 2.75) is 45.1 Å². The van der Waals surface area contributed by atoms with Crippen LogP contribution in [0.2, 0.25) is 0 Å². The quantitative estimate of drug-likeness (QED) is 0.763. The van der Waals surface area contributed by atoms with E-state index in [9.17, 15) is 4.79 Å². The summed E-state index contributed by atoms with van der Waals surface area (Å²) in [5.41, 5.74) is 5.31. The topological polar surface area (TPSA) is 46.3 Å². The molecule has 0 radical (unpaired) electrons. The summed E-state index contributed by atoms with van der Waals surface area (Å²) in [7, 11) is 1.89. The van der Waals surface area contributed by atoms with Crippen LogP contribution in [0, 0.1) is 5.41 Å². The standard InChI is InChI=1S/C13H24N2OS2/c1-4-10(9-18-3)15(2)12(16)13(11(14)17)7-5-6-8-13/h10H,4-9H2,1-3H3,(H2,14,17). The molecule has 1 rings (SSSR count). The van der Waals surface area contributed by atoms with E-state index in [1.165, 1.54) is 0 Å². The zero-order valence-electron chi connectivity index (χ0n) is 11.6. The van der Waals surface area contributed by atoms with Crippen LogP contribution in [0.5, 0.6) is 0 Å². The van der Waals surface area contributed by atoms with Gasteiger partial charge in [-0.2, -0.15) is 11.8 Å². The minimum Gasteiger partial charge on any atom is -0.392 e. The molecule has 104 valence electrons. The third-order valence-electron chi connectivity index (χ3n) is 4.04. The number of carbonyl (C=O) groups is 1. The van der Waals surface area contributed by atoms with Crippen LogP contribution in [-0.4, -0.2) is 40.9 Å². The van der Waals surface area contributed by atoms with Crippen molar-refractivity contribution >= 4 is 34.9 Å². The van der Waals surface area contributed by atoms with Crippen molar-refractivity contribution < 1.29 is 4.79 Å². The lowest BCUT2D eigenvalue weighted by atomic mass is 9.84. The van der Waals surface area contributed by atoms with Crippen molar-refractivity contribution in [2.24, 2.45) is 11.1 Å². The SMILES string of the molecule is CCC(CSC)N(C)C(=O)C1(C(N)=S)CCCC1. The second-order valence-electron chi connectivity index (χ2n) is 5.09. The maximum atomic E-state index is 12.7. The Morgan fingerprint density at radius 2 is 2.06 bits per heavy atom. The van der Waals surface area contributed by atoms with E-state index in [-0.39, 0.29) is 11.9 Å². The van der Waals surface area contributed by atoms with Gasteiger partial charge in [-0.3, -0.25) is 4.79 Å². The van der Waals surface area contributed by atoms with Gasteiger partial charge in [0.2, 0.25) is 5.91 Å². The molecule has 1 saturated carbocycles. The van der Waals surface area contributed by atoms with Gasteiger partial charge in [-0.25, -0.2) is 0 Å². The number of rotatable bonds is 6. The Hall–Kier alpha value is -0.290. The molecule has 0 bridgehead atoms. The van der Waals surface area contributed by atoms with Crippen molar-refractivity contribution in [3.05, 3.63) is 0 Å². The summed E-state index contributed by atoms with van der Waals surface area (Å²) >= 11 is 6.95. The first-order valence-electron chi connectivity index (χ1n) is 6.55. The van der Waals surface area contributed by atoms with Crippen LogP contribution in [0.25, 0.3) is 0 Å². The Labute approximate surface area is 120 Å². The first-order valence-corrected chi connectivity index (χ1v) is 8.36. The molecule has 1 atom stereocenters. The minimum atomic E-state index is -0.560. The Kier molecular flexibility index (Phi) is 5.92. The van der Waals surface area contributed by atoms with Gasteiger partial charge in [0.25, 0.3) is 0 Å². The molecular weight excluding hydrogens is 264 g/mol. The van der Waals surface area contributed by atoms with Crippen molar-refractivity contribution in [2.75, 3.05) is 19.1 Å². The number of nitrogens with two attached hydrogens (primary N) is 1. The molecule has 1 aliphatic carbocycles. The van der Waals surface area contributed by atoms with Crippen LogP contribution >= 0.6 is 24.0 Å². The fraction of sp³-hybridized carbons (Fsp3) is 0.846. The van der Waals surface area contributed by atoms with Crippen LogP contribution in [0.15, 0.2) is 0 Å². The number of carbonyl (C=O) groups excluding carboxylic acids is 1. The summed E-state index contributed by atoms with van der Waals surface area (Å²) in [5.74, 6) is 1.10. The predicted octanol–water partition coefficient (Wildman–Crippen LogP) is 2.43. The molecular formula is C13H24N2OS2. The highest BCUT2D eigenvalue weighted by Gasteiger charge is 2.46. The van der Waals surface area contributed by atoms with Gasteiger partial charge in [0.05, 0.1) is 10.4 Å². The fourth-order valence-corrected chi connectivity index (χ4v) is 3.88. The second-order valence-corrected chi connectivity index (χ2v) is 6.44. The van der Waals surface area contributed by atoms with Crippen LogP contribution in [0.1, 0.15) is 39.0 Å². The summed E-state index contributed by atoms with van der Waals surface area (Å²) in [4.78, 5) is 15.0. The maximum absolute atomic E-state index is 12.7. The average Bonchev–Trinajstić information content (AvgIpc) is 2.84. The van der Waals surface area contributed by atoms with E-state index in [4.69, 9.17) is 18.0 Å². The lowest BCUT2D eigenvalue weighted by Gasteiger charge is -2.35. The number of hydrogen-bond donors (Lipinski definition) is 1. The van der Waals surface area contributed by atoms with Gasteiger partial charge in [0.15, 0.2) is 0 Å². The van der Waals surface area contributed by atoms with E-state index in [0.29, 0.717) is 4.99 Å². The van der Waals surface area contributed by atoms with Gasteiger partial charge >= 0.3 is 0 Å². The summed E-state index contributed by atoms with van der Waals surface area (Å²) in [6.07, 6.45) is 6.78. The van der Waals surface area contributed by atoms with Crippen molar-refractivity contribution in [1.82, 2.24) is 4.90 Å². The van der Waals surface area contributed by atoms with Crippen LogP contribution in [0.3, 0.4) is 0 Å². The average molecular weight is 288 g/mol. The molecule has 1 amide bonds. The summed E-state index contributed by atoms with van der Waals surface area (Å²) in [5, 5.41) is 0. The summed E-state index contributed by atoms with van der Waals surface area (Å²) in [6, 6.07) is 0.277. The Morgan fingerprint density at radius 3 is 2.44 bits per heavy atom. The van der Waals surface area contributed by atoms with E-state index >= 15 is 0 Å². The van der Waals surface area contributed by atoms with Crippen molar-refractivity contribution in [3.63, 3.8) is 0 Å². The number of nitrogens with zero attached hydrogens (tertiary/aromatic N) is 1. The molecule has 0 saturated heterocycles. The molecule has 0 heterocycles. The first kappa shape index (κ1) is 15.8. The van der Waals surface area contributed by atoms with E-state index in [0.717, 1.165) is 37.9 Å². The van der Waals surface area contributed by atoms with E-state index in [2.05, 4.69) is 13.2 Å². The first-order chi connectivity index (χ1) is 8.49. The number of thioether (sulfide) groups is 1. The largest absolute Gasteiger partial charge is 0.392 e. The molecule has 1 fully saturated rings. The van der Waals surface area contributed by atoms with Crippen LogP contribution in [-0.2, 0) is 4.79 Å². The molecule has 2 N–H and O–H groups in total. The van der Waals surface area contributed by atoms with Gasteiger partial charge in [-0.1, -0.05) is 32.0 Å². The van der Waals surface area contributed by atoms with E-state index in [1.54, 1.807) is 11.8 Å². The van der Waals surface area contributed by atoms with Crippen molar-refractivity contribution in [3.8, 4) is 0 Å². The van der Waals surface area contributed by atoms with Gasteiger partial charge in [-0.15, -0.1) is 0 Å².